The summed E-state index contributed by atoms with van der Waals surface area (Å²) in [5.74, 6) is 0.448. The van der Waals surface area contributed by atoms with Crippen molar-refractivity contribution in [3.8, 4) is 0 Å². The van der Waals surface area contributed by atoms with Gasteiger partial charge in [0.05, 0.1) is 6.10 Å². The van der Waals surface area contributed by atoms with E-state index in [1.165, 1.54) is 11.8 Å². The standard InChI is InChI=1S/C11H19NO2S/c1-5-10(15-11(13)12(3)4)8-7-9(8)14-6-2/h5,8-9H,6-7H2,1-4H3/b10-5-/t8-,9-/m1/s1. The Balaban J connectivity index is 2.43. The lowest BCUT2D eigenvalue weighted by molar-refractivity contribution is 0.125. The summed E-state index contributed by atoms with van der Waals surface area (Å²) in [4.78, 5) is 14.3. The quantitative estimate of drug-likeness (QED) is 0.742. The van der Waals surface area contributed by atoms with Crippen molar-refractivity contribution >= 4 is 17.0 Å². The molecule has 0 heterocycles. The second kappa shape index (κ2) is 5.56. The zero-order valence-corrected chi connectivity index (χ0v) is 10.6. The SMILES string of the molecule is C/C=C(\SC(=O)N(C)C)[C@@H]1C[C@H]1OCC. The van der Waals surface area contributed by atoms with Gasteiger partial charge in [0.25, 0.3) is 5.24 Å². The molecule has 0 aromatic heterocycles. The number of ether oxygens (including phenoxy) is 1. The summed E-state index contributed by atoms with van der Waals surface area (Å²) in [7, 11) is 3.55. The summed E-state index contributed by atoms with van der Waals surface area (Å²) in [6, 6.07) is 0. The Labute approximate surface area is 95.9 Å². The number of carbonyl (C=O) groups excluding carboxylic acids is 1. The van der Waals surface area contributed by atoms with Gasteiger partial charge in [-0.05, 0) is 36.9 Å². The van der Waals surface area contributed by atoms with Gasteiger partial charge in [-0.1, -0.05) is 6.08 Å². The number of allylic oxidation sites excluding steroid dienone is 1. The largest absolute Gasteiger partial charge is 0.378 e. The lowest BCUT2D eigenvalue weighted by Crippen LogP contribution is -2.16. The summed E-state index contributed by atoms with van der Waals surface area (Å²) in [5, 5.41) is 0.0882. The Kier molecular flexibility index (Phi) is 4.67. The molecule has 0 spiro atoms. The molecule has 2 atom stereocenters. The third kappa shape index (κ3) is 3.54. The highest BCUT2D eigenvalue weighted by atomic mass is 32.2. The van der Waals surface area contributed by atoms with E-state index in [1.807, 2.05) is 19.9 Å². The molecular weight excluding hydrogens is 210 g/mol. The van der Waals surface area contributed by atoms with Gasteiger partial charge in [0.15, 0.2) is 0 Å². The van der Waals surface area contributed by atoms with Gasteiger partial charge in [0, 0.05) is 26.6 Å². The molecule has 0 aliphatic heterocycles. The lowest BCUT2D eigenvalue weighted by atomic mass is 10.3. The van der Waals surface area contributed by atoms with Crippen LogP contribution in [0.2, 0.25) is 0 Å². The summed E-state index contributed by atoms with van der Waals surface area (Å²) in [6.45, 7) is 4.74. The molecule has 3 nitrogen and oxygen atoms in total. The molecule has 1 aliphatic rings. The van der Waals surface area contributed by atoms with Crippen LogP contribution in [0, 0.1) is 5.92 Å². The Morgan fingerprint density at radius 3 is 2.73 bits per heavy atom. The Bertz CT molecular complexity index is 263. The number of carbonyl (C=O) groups is 1. The summed E-state index contributed by atoms with van der Waals surface area (Å²) in [6.07, 6.45) is 3.42. The molecule has 15 heavy (non-hydrogen) atoms. The summed E-state index contributed by atoms with van der Waals surface area (Å²) < 4.78 is 5.51. The highest BCUT2D eigenvalue weighted by Gasteiger charge is 2.41. The Morgan fingerprint density at radius 2 is 2.27 bits per heavy atom. The van der Waals surface area contributed by atoms with Crippen molar-refractivity contribution in [2.45, 2.75) is 26.4 Å². The summed E-state index contributed by atoms with van der Waals surface area (Å²) >= 11 is 1.32. The molecular formula is C11H19NO2S. The van der Waals surface area contributed by atoms with Gasteiger partial charge < -0.3 is 9.64 Å². The van der Waals surface area contributed by atoms with Crippen molar-refractivity contribution < 1.29 is 9.53 Å². The van der Waals surface area contributed by atoms with Crippen molar-refractivity contribution in [3.63, 3.8) is 0 Å². The molecule has 4 heteroatoms. The van der Waals surface area contributed by atoms with Gasteiger partial charge in [-0.2, -0.15) is 0 Å². The van der Waals surface area contributed by atoms with Gasteiger partial charge >= 0.3 is 0 Å². The fourth-order valence-electron chi connectivity index (χ4n) is 1.41. The van der Waals surface area contributed by atoms with E-state index >= 15 is 0 Å². The van der Waals surface area contributed by atoms with E-state index in [0.29, 0.717) is 12.0 Å². The monoisotopic (exact) mass is 229 g/mol. The van der Waals surface area contributed by atoms with Gasteiger partial charge in [-0.3, -0.25) is 4.79 Å². The highest BCUT2D eigenvalue weighted by Crippen LogP contribution is 2.45. The van der Waals surface area contributed by atoms with Crippen LogP contribution in [-0.2, 0) is 4.74 Å². The van der Waals surface area contributed by atoms with Gasteiger partial charge in [-0.15, -0.1) is 0 Å². The topological polar surface area (TPSA) is 29.5 Å². The molecule has 0 N–H and O–H groups in total. The number of rotatable bonds is 4. The number of amides is 1. The van der Waals surface area contributed by atoms with Crippen LogP contribution in [0.5, 0.6) is 0 Å². The third-order valence-electron chi connectivity index (χ3n) is 2.33. The zero-order chi connectivity index (χ0) is 11.4. The van der Waals surface area contributed by atoms with E-state index < -0.39 is 0 Å². The third-order valence-corrected chi connectivity index (χ3v) is 3.65. The molecule has 0 aromatic carbocycles. The van der Waals surface area contributed by atoms with E-state index in [-0.39, 0.29) is 5.24 Å². The molecule has 86 valence electrons. The number of nitrogens with zero attached hydrogens (tertiary/aromatic N) is 1. The van der Waals surface area contributed by atoms with Gasteiger partial charge in [-0.25, -0.2) is 0 Å². The predicted molar refractivity (Wildman–Crippen MR) is 64.0 cm³/mol. The van der Waals surface area contributed by atoms with E-state index in [9.17, 15) is 4.79 Å². The molecule has 0 aromatic rings. The number of thioether (sulfide) groups is 1. The zero-order valence-electron chi connectivity index (χ0n) is 9.82. The van der Waals surface area contributed by atoms with E-state index in [0.717, 1.165) is 17.9 Å². The van der Waals surface area contributed by atoms with Crippen LogP contribution in [0.15, 0.2) is 11.0 Å². The van der Waals surface area contributed by atoms with Crippen LogP contribution in [0.4, 0.5) is 4.79 Å². The normalized spacial score (nSPS) is 25.2. The van der Waals surface area contributed by atoms with Gasteiger partial charge in [0.1, 0.15) is 0 Å². The van der Waals surface area contributed by atoms with Crippen molar-refractivity contribution in [2.75, 3.05) is 20.7 Å². The molecule has 1 fully saturated rings. The Morgan fingerprint density at radius 1 is 1.60 bits per heavy atom. The van der Waals surface area contributed by atoms with Crippen LogP contribution >= 0.6 is 11.8 Å². The van der Waals surface area contributed by atoms with Crippen LogP contribution in [0.3, 0.4) is 0 Å². The maximum Gasteiger partial charge on any atom is 0.285 e. The van der Waals surface area contributed by atoms with Crippen molar-refractivity contribution in [2.24, 2.45) is 5.92 Å². The first-order valence-corrected chi connectivity index (χ1v) is 6.08. The fraction of sp³-hybridized carbons (Fsp3) is 0.727. The first kappa shape index (κ1) is 12.6. The fourth-order valence-corrected chi connectivity index (χ4v) is 2.31. The first-order chi connectivity index (χ1) is 7.10. The average Bonchev–Trinajstić information content (AvgIpc) is 2.93. The molecule has 1 aliphatic carbocycles. The minimum Gasteiger partial charge on any atom is -0.378 e. The molecule has 1 saturated carbocycles. The maximum absolute atomic E-state index is 11.5. The molecule has 0 bridgehead atoms. The number of hydrogen-bond donors (Lipinski definition) is 0. The predicted octanol–water partition coefficient (Wildman–Crippen LogP) is 2.73. The van der Waals surface area contributed by atoms with Crippen LogP contribution < -0.4 is 0 Å². The molecule has 0 saturated heterocycles. The summed E-state index contributed by atoms with van der Waals surface area (Å²) in [5.41, 5.74) is 0. The number of hydrogen-bond acceptors (Lipinski definition) is 3. The maximum atomic E-state index is 11.5. The molecule has 0 unspecified atom stereocenters. The average molecular weight is 229 g/mol. The molecule has 0 radical (unpaired) electrons. The van der Waals surface area contributed by atoms with E-state index in [2.05, 4.69) is 0 Å². The second-order valence-corrected chi connectivity index (χ2v) is 4.81. The van der Waals surface area contributed by atoms with E-state index in [4.69, 9.17) is 4.74 Å². The highest BCUT2D eigenvalue weighted by molar-refractivity contribution is 8.16. The lowest BCUT2D eigenvalue weighted by Gasteiger charge is -2.11. The van der Waals surface area contributed by atoms with Crippen molar-refractivity contribution in [1.82, 2.24) is 4.90 Å². The minimum absolute atomic E-state index is 0.0882. The first-order valence-electron chi connectivity index (χ1n) is 5.27. The second-order valence-electron chi connectivity index (χ2n) is 3.79. The van der Waals surface area contributed by atoms with Crippen LogP contribution in [0.1, 0.15) is 20.3 Å². The molecule has 1 amide bonds. The Hall–Kier alpha value is -0.480. The van der Waals surface area contributed by atoms with Crippen LogP contribution in [-0.4, -0.2) is 36.9 Å². The molecule has 1 rings (SSSR count). The van der Waals surface area contributed by atoms with Crippen LogP contribution in [0.25, 0.3) is 0 Å². The van der Waals surface area contributed by atoms with Crippen molar-refractivity contribution in [1.29, 1.82) is 0 Å². The minimum atomic E-state index is 0.0882. The van der Waals surface area contributed by atoms with E-state index in [1.54, 1.807) is 19.0 Å². The smallest absolute Gasteiger partial charge is 0.285 e. The van der Waals surface area contributed by atoms with Gasteiger partial charge in [0.2, 0.25) is 0 Å². The van der Waals surface area contributed by atoms with Crippen molar-refractivity contribution in [3.05, 3.63) is 11.0 Å².